The monoisotopic (exact) mass is 295 g/mol. The Labute approximate surface area is 112 Å². The molecule has 0 aliphatic rings. The molecule has 98 valence electrons. The second-order valence-corrected chi connectivity index (χ2v) is 6.87. The third kappa shape index (κ3) is 3.44. The summed E-state index contributed by atoms with van der Waals surface area (Å²) in [6.45, 7) is 4.99. The molecule has 0 aromatic carbocycles. The lowest BCUT2D eigenvalue weighted by molar-refractivity contribution is 0.419. The van der Waals surface area contributed by atoms with Crippen LogP contribution in [0, 0.1) is 0 Å². The first-order valence-electron chi connectivity index (χ1n) is 5.70. The molecule has 1 heterocycles. The number of nitrogens with zero attached hydrogens (tertiary/aromatic N) is 1. The van der Waals surface area contributed by atoms with Crippen molar-refractivity contribution in [3.05, 3.63) is 16.3 Å². The van der Waals surface area contributed by atoms with Crippen molar-refractivity contribution in [2.75, 3.05) is 13.1 Å². The molecule has 0 bridgehead atoms. The molecule has 0 atom stereocenters. The van der Waals surface area contributed by atoms with Crippen molar-refractivity contribution < 1.29 is 8.42 Å². The molecule has 1 rings (SSSR count). The average Bonchev–Trinajstić information content (AvgIpc) is 2.78. The SMILES string of the molecule is CCCCN(CC)S(=O)(=O)c1ccsc1CCl. The van der Waals surface area contributed by atoms with E-state index in [1.165, 1.54) is 15.6 Å². The molecule has 1 aromatic heterocycles. The van der Waals surface area contributed by atoms with Crippen molar-refractivity contribution in [1.29, 1.82) is 0 Å². The topological polar surface area (TPSA) is 37.4 Å². The number of hydrogen-bond donors (Lipinski definition) is 0. The van der Waals surface area contributed by atoms with Gasteiger partial charge in [0.05, 0.1) is 10.8 Å². The van der Waals surface area contributed by atoms with Gasteiger partial charge in [0.25, 0.3) is 0 Å². The van der Waals surface area contributed by atoms with Gasteiger partial charge in [-0.2, -0.15) is 4.31 Å². The van der Waals surface area contributed by atoms with Gasteiger partial charge in [0.2, 0.25) is 10.0 Å². The molecule has 0 unspecified atom stereocenters. The largest absolute Gasteiger partial charge is 0.244 e. The predicted octanol–water partition coefficient (Wildman–Crippen LogP) is 3.30. The van der Waals surface area contributed by atoms with Crippen LogP contribution in [0.5, 0.6) is 0 Å². The first kappa shape index (κ1) is 15.0. The van der Waals surface area contributed by atoms with Crippen LogP contribution in [0.3, 0.4) is 0 Å². The maximum Gasteiger partial charge on any atom is 0.244 e. The average molecular weight is 296 g/mol. The van der Waals surface area contributed by atoms with Crippen molar-refractivity contribution in [2.45, 2.75) is 37.5 Å². The predicted molar refractivity (Wildman–Crippen MR) is 73.2 cm³/mol. The van der Waals surface area contributed by atoms with Crippen LogP contribution in [-0.4, -0.2) is 25.8 Å². The van der Waals surface area contributed by atoms with Crippen LogP contribution in [0.2, 0.25) is 0 Å². The fourth-order valence-electron chi connectivity index (χ4n) is 1.58. The minimum Gasteiger partial charge on any atom is -0.207 e. The molecule has 0 fully saturated rings. The Morgan fingerprint density at radius 1 is 1.41 bits per heavy atom. The van der Waals surface area contributed by atoms with Gasteiger partial charge < -0.3 is 0 Å². The highest BCUT2D eigenvalue weighted by atomic mass is 35.5. The van der Waals surface area contributed by atoms with Crippen LogP contribution in [-0.2, 0) is 15.9 Å². The molecule has 0 saturated heterocycles. The van der Waals surface area contributed by atoms with Crippen LogP contribution < -0.4 is 0 Å². The molecule has 6 heteroatoms. The van der Waals surface area contributed by atoms with Crippen molar-refractivity contribution in [3.8, 4) is 0 Å². The summed E-state index contributed by atoms with van der Waals surface area (Å²) in [6.07, 6.45) is 1.87. The van der Waals surface area contributed by atoms with Crippen molar-refractivity contribution >= 4 is 33.0 Å². The molecule has 0 radical (unpaired) electrons. The van der Waals surface area contributed by atoms with Crippen LogP contribution in [0.25, 0.3) is 0 Å². The van der Waals surface area contributed by atoms with Crippen LogP contribution >= 0.6 is 22.9 Å². The fourth-order valence-corrected chi connectivity index (χ4v) is 4.74. The lowest BCUT2D eigenvalue weighted by Gasteiger charge is -2.20. The van der Waals surface area contributed by atoms with Gasteiger partial charge in [-0.25, -0.2) is 8.42 Å². The Hall–Kier alpha value is -0.100. The van der Waals surface area contributed by atoms with E-state index in [1.54, 1.807) is 11.4 Å². The molecule has 0 amide bonds. The van der Waals surface area contributed by atoms with E-state index in [0.717, 1.165) is 17.7 Å². The number of hydrogen-bond acceptors (Lipinski definition) is 3. The highest BCUT2D eigenvalue weighted by Gasteiger charge is 2.25. The van der Waals surface area contributed by atoms with Gasteiger partial charge in [-0.3, -0.25) is 0 Å². The van der Waals surface area contributed by atoms with Crippen LogP contribution in [0.4, 0.5) is 0 Å². The van der Waals surface area contributed by atoms with Gasteiger partial charge in [0.1, 0.15) is 0 Å². The molecular weight excluding hydrogens is 278 g/mol. The van der Waals surface area contributed by atoms with E-state index in [0.29, 0.717) is 18.0 Å². The highest BCUT2D eigenvalue weighted by Crippen LogP contribution is 2.26. The molecular formula is C11H18ClNO2S2. The minimum absolute atomic E-state index is 0.248. The lowest BCUT2D eigenvalue weighted by atomic mass is 10.3. The third-order valence-corrected chi connectivity index (χ3v) is 6.09. The van der Waals surface area contributed by atoms with Gasteiger partial charge in [-0.05, 0) is 17.9 Å². The minimum atomic E-state index is -3.36. The van der Waals surface area contributed by atoms with Crippen molar-refractivity contribution in [2.24, 2.45) is 0 Å². The summed E-state index contributed by atoms with van der Waals surface area (Å²) < 4.78 is 26.3. The van der Waals surface area contributed by atoms with Crippen molar-refractivity contribution in [1.82, 2.24) is 4.31 Å². The van der Waals surface area contributed by atoms with E-state index in [1.807, 2.05) is 6.92 Å². The number of sulfonamides is 1. The number of thiophene rings is 1. The molecule has 0 N–H and O–H groups in total. The maximum atomic E-state index is 12.4. The van der Waals surface area contributed by atoms with Gasteiger partial charge in [-0.15, -0.1) is 22.9 Å². The van der Waals surface area contributed by atoms with E-state index >= 15 is 0 Å². The second-order valence-electron chi connectivity index (χ2n) is 3.69. The quantitative estimate of drug-likeness (QED) is 0.724. The summed E-state index contributed by atoms with van der Waals surface area (Å²) in [4.78, 5) is 1.09. The second kappa shape index (κ2) is 6.73. The number of unbranched alkanes of at least 4 members (excludes halogenated alkanes) is 1. The molecule has 0 aliphatic heterocycles. The normalized spacial score (nSPS) is 12.2. The Kier molecular flexibility index (Phi) is 5.92. The Morgan fingerprint density at radius 2 is 2.12 bits per heavy atom. The smallest absolute Gasteiger partial charge is 0.207 e. The van der Waals surface area contributed by atoms with Crippen molar-refractivity contribution in [3.63, 3.8) is 0 Å². The standard InChI is InChI=1S/C11H18ClNO2S2/c1-3-5-7-13(4-2)17(14,15)11-6-8-16-10(11)9-12/h6,8H,3-5,7,9H2,1-2H3. The third-order valence-electron chi connectivity index (χ3n) is 2.56. The zero-order chi connectivity index (χ0) is 12.9. The lowest BCUT2D eigenvalue weighted by Crippen LogP contribution is -2.32. The first-order chi connectivity index (χ1) is 8.07. The summed E-state index contributed by atoms with van der Waals surface area (Å²) in [5.41, 5.74) is 0. The summed E-state index contributed by atoms with van der Waals surface area (Å²) in [5.74, 6) is 0.248. The zero-order valence-corrected chi connectivity index (χ0v) is 12.5. The van der Waals surface area contributed by atoms with Gasteiger partial charge >= 0.3 is 0 Å². The van der Waals surface area contributed by atoms with E-state index in [2.05, 4.69) is 6.92 Å². The summed E-state index contributed by atoms with van der Waals surface area (Å²) in [7, 11) is -3.36. The number of alkyl halides is 1. The first-order valence-corrected chi connectivity index (χ1v) is 8.55. The number of halogens is 1. The summed E-state index contributed by atoms with van der Waals surface area (Å²) >= 11 is 7.15. The van der Waals surface area contributed by atoms with E-state index in [4.69, 9.17) is 11.6 Å². The Morgan fingerprint density at radius 3 is 2.65 bits per heavy atom. The maximum absolute atomic E-state index is 12.4. The molecule has 0 saturated carbocycles. The summed E-state index contributed by atoms with van der Waals surface area (Å²) in [5, 5.41) is 1.78. The fraction of sp³-hybridized carbons (Fsp3) is 0.636. The molecule has 0 aliphatic carbocycles. The van der Waals surface area contributed by atoms with Crippen LogP contribution in [0.15, 0.2) is 16.3 Å². The molecule has 0 spiro atoms. The Balaban J connectivity index is 3.00. The number of rotatable bonds is 7. The van der Waals surface area contributed by atoms with Gasteiger partial charge in [0, 0.05) is 18.0 Å². The van der Waals surface area contributed by atoms with E-state index in [9.17, 15) is 8.42 Å². The van der Waals surface area contributed by atoms with Gasteiger partial charge in [0.15, 0.2) is 0 Å². The van der Waals surface area contributed by atoms with E-state index < -0.39 is 10.0 Å². The molecule has 1 aromatic rings. The van der Waals surface area contributed by atoms with Gasteiger partial charge in [-0.1, -0.05) is 20.3 Å². The zero-order valence-electron chi connectivity index (χ0n) is 10.1. The molecule has 3 nitrogen and oxygen atoms in total. The Bertz CT molecular complexity index is 442. The van der Waals surface area contributed by atoms with Crippen LogP contribution in [0.1, 0.15) is 31.6 Å². The summed E-state index contributed by atoms with van der Waals surface area (Å²) in [6, 6.07) is 1.65. The highest BCUT2D eigenvalue weighted by molar-refractivity contribution is 7.89. The van der Waals surface area contributed by atoms with E-state index in [-0.39, 0.29) is 5.88 Å². The molecule has 17 heavy (non-hydrogen) atoms.